The summed E-state index contributed by atoms with van der Waals surface area (Å²) in [5, 5.41) is 0. The minimum Gasteiger partial charge on any atom is -0.466 e. The molecule has 0 fully saturated rings. The molecule has 68 heavy (non-hydrogen) atoms. The molecule has 0 aromatic carbocycles. The molecule has 0 aliphatic heterocycles. The van der Waals surface area contributed by atoms with Crippen molar-refractivity contribution in [1.29, 1.82) is 0 Å². The molecule has 0 amide bonds. The summed E-state index contributed by atoms with van der Waals surface area (Å²) >= 11 is 0. The Morgan fingerprint density at radius 3 is 0.956 bits per heavy atom. The molecule has 0 rings (SSSR count). The van der Waals surface area contributed by atoms with Crippen molar-refractivity contribution in [2.24, 2.45) is 0 Å². The lowest BCUT2D eigenvalue weighted by Crippen LogP contribution is -2.25. The first-order valence-corrected chi connectivity index (χ1v) is 30.7. The first kappa shape index (κ1) is 68.5. The molecule has 0 aromatic rings. The van der Waals surface area contributed by atoms with Gasteiger partial charge in [0.2, 0.25) is 0 Å². The lowest BCUT2D eigenvalue weighted by molar-refractivity contribution is -0.155. The van der Waals surface area contributed by atoms with Crippen LogP contribution < -0.4 is 0 Å². The van der Waals surface area contributed by atoms with Crippen molar-refractivity contribution in [3.63, 3.8) is 0 Å². The molecule has 0 spiro atoms. The fourth-order valence-corrected chi connectivity index (χ4v) is 8.95. The third kappa shape index (κ3) is 60.5. The van der Waals surface area contributed by atoms with E-state index in [0.29, 0.717) is 26.1 Å². The van der Waals surface area contributed by atoms with Crippen molar-refractivity contribution >= 4 is 11.9 Å². The van der Waals surface area contributed by atoms with Crippen molar-refractivity contribution in [2.75, 3.05) is 20.3 Å². The molecule has 1 unspecified atom stereocenters. The van der Waals surface area contributed by atoms with Crippen molar-refractivity contribution in [2.45, 2.75) is 348 Å². The molecule has 5 heteroatoms. The molecule has 1 atom stereocenters. The summed E-state index contributed by atoms with van der Waals surface area (Å²) in [6.45, 7) is 10.2. The Morgan fingerprint density at radius 1 is 0.324 bits per heavy atom. The predicted octanol–water partition coefficient (Wildman–Crippen LogP) is 21.4. The molecule has 0 aromatic heterocycles. The van der Waals surface area contributed by atoms with Crippen molar-refractivity contribution < 1.29 is 23.8 Å². The second-order valence-corrected chi connectivity index (χ2v) is 20.5. The van der Waals surface area contributed by atoms with Gasteiger partial charge in [-0.2, -0.15) is 0 Å². The van der Waals surface area contributed by atoms with Crippen molar-refractivity contribution in [3.05, 3.63) is 24.3 Å². The van der Waals surface area contributed by atoms with Gasteiger partial charge in [-0.1, -0.05) is 296 Å². The third-order valence-electron chi connectivity index (χ3n) is 13.7. The van der Waals surface area contributed by atoms with Gasteiger partial charge in [0.25, 0.3) is 0 Å². The van der Waals surface area contributed by atoms with E-state index < -0.39 is 6.10 Å². The van der Waals surface area contributed by atoms with E-state index in [2.05, 4.69) is 52.0 Å². The third-order valence-corrected chi connectivity index (χ3v) is 13.7. The second-order valence-electron chi connectivity index (χ2n) is 20.5. The molecular formula is C63H122O5. The standard InChI is InChI=1S/C33H64O3.C30H58O2/c1-4-6-8-10-12-14-16-18-19-21-23-25-27-29-31-36-33(34)32(35-3)30-28-26-24-22-20-17-15-13-11-9-7-5-2;1-3-5-7-9-11-13-15-16-17-19-21-23-25-27-29-32-30(31)28-26-24-22-20-18-14-12-10-8-6-4-2/h24,26,32H,4-23,25,27-31H2,1-3H3;10,12H,3-9,11,13-29H2,1-2H3. The molecule has 0 radical (unpaired) electrons. The lowest BCUT2D eigenvalue weighted by Gasteiger charge is -2.13. The average Bonchev–Trinajstić information content (AvgIpc) is 3.34. The zero-order chi connectivity index (χ0) is 49.7. The van der Waals surface area contributed by atoms with Crippen LogP contribution in [0.25, 0.3) is 0 Å². The molecule has 0 heterocycles. The van der Waals surface area contributed by atoms with Crippen LogP contribution in [0.1, 0.15) is 342 Å². The van der Waals surface area contributed by atoms with Crippen LogP contribution in [0.5, 0.6) is 0 Å². The summed E-state index contributed by atoms with van der Waals surface area (Å²) in [4.78, 5) is 24.1. The van der Waals surface area contributed by atoms with E-state index in [9.17, 15) is 9.59 Å². The van der Waals surface area contributed by atoms with Gasteiger partial charge in [-0.25, -0.2) is 4.79 Å². The summed E-state index contributed by atoms with van der Waals surface area (Å²) < 4.78 is 16.2. The van der Waals surface area contributed by atoms with E-state index >= 15 is 0 Å². The summed E-state index contributed by atoms with van der Waals surface area (Å²) in [6, 6.07) is 0. The van der Waals surface area contributed by atoms with E-state index in [4.69, 9.17) is 14.2 Å². The summed E-state index contributed by atoms with van der Waals surface area (Å²) in [7, 11) is 1.61. The molecule has 0 saturated heterocycles. The minimum atomic E-state index is -0.426. The normalized spacial score (nSPS) is 12.0. The predicted molar refractivity (Wildman–Crippen MR) is 300 cm³/mol. The highest BCUT2D eigenvalue weighted by atomic mass is 16.6. The molecule has 5 nitrogen and oxygen atoms in total. The maximum absolute atomic E-state index is 12.3. The first-order chi connectivity index (χ1) is 33.6. The highest BCUT2D eigenvalue weighted by Gasteiger charge is 2.18. The largest absolute Gasteiger partial charge is 0.466 e. The topological polar surface area (TPSA) is 61.8 Å². The molecule has 404 valence electrons. The van der Waals surface area contributed by atoms with Gasteiger partial charge in [-0.3, -0.25) is 4.79 Å². The first-order valence-electron chi connectivity index (χ1n) is 30.7. The highest BCUT2D eigenvalue weighted by molar-refractivity contribution is 5.74. The van der Waals surface area contributed by atoms with Crippen LogP contribution in [0.2, 0.25) is 0 Å². The lowest BCUT2D eigenvalue weighted by atomic mass is 10.0. The zero-order valence-electron chi connectivity index (χ0n) is 47.0. The van der Waals surface area contributed by atoms with Gasteiger partial charge in [0.15, 0.2) is 6.10 Å². The van der Waals surface area contributed by atoms with E-state index in [0.717, 1.165) is 44.9 Å². The summed E-state index contributed by atoms with van der Waals surface area (Å²) in [5.41, 5.74) is 0. The van der Waals surface area contributed by atoms with Crippen LogP contribution in [0.4, 0.5) is 0 Å². The van der Waals surface area contributed by atoms with Gasteiger partial charge in [-0.15, -0.1) is 0 Å². The average molecular weight is 960 g/mol. The van der Waals surface area contributed by atoms with Crippen LogP contribution in [-0.4, -0.2) is 38.4 Å². The Morgan fingerprint density at radius 2 is 0.603 bits per heavy atom. The quantitative estimate of drug-likeness (QED) is 0.0345. The maximum atomic E-state index is 12.3. The van der Waals surface area contributed by atoms with Crippen LogP contribution in [-0.2, 0) is 23.8 Å². The molecule has 0 saturated carbocycles. The number of ether oxygens (including phenoxy) is 3. The minimum absolute atomic E-state index is 0.0125. The number of hydrogen-bond acceptors (Lipinski definition) is 5. The summed E-state index contributed by atoms with van der Waals surface area (Å²) in [5.74, 6) is -0.179. The zero-order valence-corrected chi connectivity index (χ0v) is 47.0. The number of carbonyl (C=O) groups is 2. The van der Waals surface area contributed by atoms with Gasteiger partial charge in [0.05, 0.1) is 13.2 Å². The summed E-state index contributed by atoms with van der Waals surface area (Å²) in [6.07, 6.45) is 71.7. The molecular weight excluding hydrogens is 837 g/mol. The van der Waals surface area contributed by atoms with Gasteiger partial charge in [-0.05, 0) is 64.2 Å². The molecule has 0 N–H and O–H groups in total. The molecule has 0 aliphatic carbocycles. The Kier molecular flexibility index (Phi) is 63.8. The second kappa shape index (κ2) is 63.4. The van der Waals surface area contributed by atoms with Gasteiger partial charge < -0.3 is 14.2 Å². The van der Waals surface area contributed by atoms with E-state index in [1.54, 1.807) is 7.11 Å². The maximum Gasteiger partial charge on any atom is 0.335 e. The van der Waals surface area contributed by atoms with Gasteiger partial charge in [0, 0.05) is 13.5 Å². The highest BCUT2D eigenvalue weighted by Crippen LogP contribution is 2.16. The number of esters is 2. The Bertz CT molecular complexity index is 1010. The van der Waals surface area contributed by atoms with Gasteiger partial charge in [0.1, 0.15) is 0 Å². The number of carbonyl (C=O) groups excluding carboxylic acids is 2. The SMILES string of the molecule is CCCCC=CCCCCCCCC(=O)OCCCCCCCCCCCCCCCC.CCCCCCCCCCC=CCCC(OC)C(=O)OCCCCCCCCCCCCCCCC. The number of allylic oxidation sites excluding steroid dienone is 4. The molecule has 0 bridgehead atoms. The fourth-order valence-electron chi connectivity index (χ4n) is 8.95. The number of rotatable bonds is 55. The number of unbranched alkanes of at least 4 members (excludes halogenated alkanes) is 41. The van der Waals surface area contributed by atoms with Gasteiger partial charge >= 0.3 is 11.9 Å². The van der Waals surface area contributed by atoms with Crippen LogP contribution >= 0.6 is 0 Å². The number of methoxy groups -OCH3 is 1. The molecule has 0 aliphatic rings. The smallest absolute Gasteiger partial charge is 0.335 e. The Hall–Kier alpha value is -1.62. The fraction of sp³-hybridized carbons (Fsp3) is 0.905. The van der Waals surface area contributed by atoms with Crippen molar-refractivity contribution in [1.82, 2.24) is 0 Å². The van der Waals surface area contributed by atoms with Crippen LogP contribution in [0.3, 0.4) is 0 Å². The Balaban J connectivity index is 0. The van der Waals surface area contributed by atoms with Crippen molar-refractivity contribution in [3.8, 4) is 0 Å². The van der Waals surface area contributed by atoms with Crippen LogP contribution in [0, 0.1) is 0 Å². The van der Waals surface area contributed by atoms with Crippen LogP contribution in [0.15, 0.2) is 24.3 Å². The monoisotopic (exact) mass is 959 g/mol. The van der Waals surface area contributed by atoms with E-state index in [1.165, 1.54) is 257 Å². The number of hydrogen-bond donors (Lipinski definition) is 0. The van der Waals surface area contributed by atoms with E-state index in [1.807, 2.05) is 0 Å². The van der Waals surface area contributed by atoms with E-state index in [-0.39, 0.29) is 11.9 Å². The Labute approximate surface area is 427 Å².